The zero-order chi connectivity index (χ0) is 29.5. The molecule has 0 atom stereocenters. The molecule has 0 saturated carbocycles. The van der Waals surface area contributed by atoms with Crippen LogP contribution in [-0.4, -0.2) is 23.6 Å². The molecular formula is C42H26N2Se. The maximum absolute atomic E-state index is 2.52. The van der Waals surface area contributed by atoms with Gasteiger partial charge in [-0.05, 0) is 0 Å². The minimum atomic E-state index is 0.222. The van der Waals surface area contributed by atoms with Gasteiger partial charge in [0.05, 0.1) is 0 Å². The van der Waals surface area contributed by atoms with Gasteiger partial charge in [-0.1, -0.05) is 0 Å². The Morgan fingerprint density at radius 3 is 1.64 bits per heavy atom. The molecule has 0 amide bonds. The van der Waals surface area contributed by atoms with E-state index in [0.29, 0.717) is 0 Å². The van der Waals surface area contributed by atoms with E-state index in [2.05, 4.69) is 167 Å². The Balaban J connectivity index is 1.33. The van der Waals surface area contributed by atoms with Crippen LogP contribution in [0.3, 0.4) is 0 Å². The second-order valence-corrected chi connectivity index (χ2v) is 13.9. The summed E-state index contributed by atoms with van der Waals surface area (Å²) in [6.07, 6.45) is 0. The molecule has 0 spiro atoms. The number of aromatic nitrogens is 2. The van der Waals surface area contributed by atoms with Crippen molar-refractivity contribution in [2.45, 2.75) is 0 Å². The molecule has 0 fully saturated rings. The second kappa shape index (κ2) is 9.58. The maximum atomic E-state index is 2.52. The third-order valence-electron chi connectivity index (χ3n) is 9.33. The van der Waals surface area contributed by atoms with Crippen LogP contribution < -0.4 is 0 Å². The molecule has 3 aromatic heterocycles. The fourth-order valence-electron chi connectivity index (χ4n) is 7.40. The van der Waals surface area contributed by atoms with E-state index < -0.39 is 0 Å². The molecule has 3 heterocycles. The average molecular weight is 638 g/mol. The summed E-state index contributed by atoms with van der Waals surface area (Å²) in [7, 11) is 0. The zero-order valence-electron chi connectivity index (χ0n) is 24.3. The fraction of sp³-hybridized carbons (Fsp3) is 0. The molecule has 0 unspecified atom stereocenters. The Morgan fingerprint density at radius 1 is 0.400 bits per heavy atom. The molecule has 0 aliphatic heterocycles. The first kappa shape index (κ1) is 25.0. The Morgan fingerprint density at radius 2 is 0.956 bits per heavy atom. The van der Waals surface area contributed by atoms with Crippen LogP contribution in [-0.2, 0) is 0 Å². The molecule has 0 radical (unpaired) electrons. The molecule has 0 saturated heterocycles. The molecule has 45 heavy (non-hydrogen) atoms. The normalized spacial score (nSPS) is 12.0. The summed E-state index contributed by atoms with van der Waals surface area (Å²) in [5.41, 5.74) is 9.97. The first-order valence-corrected chi connectivity index (χ1v) is 17.1. The van der Waals surface area contributed by atoms with E-state index in [1.54, 1.807) is 0 Å². The SMILES string of the molecule is c1ccc(-c2ccc(-n3c4ccccc4c4ccc(-n5c6ccccc6c6ccccc65)cc43)c3c2[se]c2ccccc23)cc1. The number of para-hydroxylation sites is 3. The fourth-order valence-corrected chi connectivity index (χ4v) is 10.0. The van der Waals surface area contributed by atoms with Gasteiger partial charge in [-0.25, -0.2) is 0 Å². The summed E-state index contributed by atoms with van der Waals surface area (Å²) in [5.74, 6) is 0. The van der Waals surface area contributed by atoms with E-state index in [1.807, 2.05) is 0 Å². The van der Waals surface area contributed by atoms with Gasteiger partial charge >= 0.3 is 267 Å². The summed E-state index contributed by atoms with van der Waals surface area (Å²) in [6.45, 7) is 0. The quantitative estimate of drug-likeness (QED) is 0.171. The summed E-state index contributed by atoms with van der Waals surface area (Å²) in [4.78, 5) is 0. The van der Waals surface area contributed by atoms with Crippen molar-refractivity contribution in [3.05, 3.63) is 158 Å². The molecule has 7 aromatic carbocycles. The van der Waals surface area contributed by atoms with Crippen molar-refractivity contribution in [3.63, 3.8) is 0 Å². The van der Waals surface area contributed by atoms with Crippen molar-refractivity contribution < 1.29 is 0 Å². The van der Waals surface area contributed by atoms with Crippen molar-refractivity contribution in [3.8, 4) is 22.5 Å². The van der Waals surface area contributed by atoms with E-state index in [4.69, 9.17) is 0 Å². The molecular weight excluding hydrogens is 611 g/mol. The third-order valence-corrected chi connectivity index (χ3v) is 11.9. The van der Waals surface area contributed by atoms with Gasteiger partial charge in [0.2, 0.25) is 0 Å². The zero-order valence-corrected chi connectivity index (χ0v) is 26.0. The first-order chi connectivity index (χ1) is 22.3. The monoisotopic (exact) mass is 638 g/mol. The number of fused-ring (bicyclic) bond motifs is 9. The molecule has 0 bridgehead atoms. The minimum absolute atomic E-state index is 0.222. The summed E-state index contributed by atoms with van der Waals surface area (Å²) in [5, 5.41) is 7.84. The Bertz CT molecular complexity index is 2710. The average Bonchev–Trinajstić information content (AvgIpc) is 3.76. The molecule has 2 nitrogen and oxygen atoms in total. The summed E-state index contributed by atoms with van der Waals surface area (Å²) < 4.78 is 7.87. The third kappa shape index (κ3) is 3.57. The van der Waals surface area contributed by atoms with Gasteiger partial charge in [0, 0.05) is 0 Å². The summed E-state index contributed by atoms with van der Waals surface area (Å²) in [6, 6.07) is 58.0. The van der Waals surface area contributed by atoms with E-state index >= 15 is 0 Å². The number of rotatable bonds is 3. The molecule has 0 aliphatic rings. The molecule has 0 N–H and O–H groups in total. The van der Waals surface area contributed by atoms with Crippen LogP contribution in [0.2, 0.25) is 0 Å². The molecule has 10 rings (SSSR count). The molecule has 3 heteroatoms. The van der Waals surface area contributed by atoms with Crippen LogP contribution in [0.4, 0.5) is 0 Å². The van der Waals surface area contributed by atoms with Crippen LogP contribution in [0.15, 0.2) is 158 Å². The number of hydrogen-bond acceptors (Lipinski definition) is 0. The number of nitrogens with zero attached hydrogens (tertiary/aromatic N) is 2. The number of benzene rings is 7. The van der Waals surface area contributed by atoms with E-state index in [1.165, 1.54) is 85.4 Å². The van der Waals surface area contributed by atoms with E-state index in [0.717, 1.165) is 0 Å². The van der Waals surface area contributed by atoms with Gasteiger partial charge in [-0.3, -0.25) is 0 Å². The second-order valence-electron chi connectivity index (χ2n) is 11.7. The van der Waals surface area contributed by atoms with Gasteiger partial charge in [-0.2, -0.15) is 0 Å². The van der Waals surface area contributed by atoms with Crippen LogP contribution in [0.1, 0.15) is 0 Å². The van der Waals surface area contributed by atoms with Crippen molar-refractivity contribution in [2.24, 2.45) is 0 Å². The van der Waals surface area contributed by atoms with Crippen LogP contribution in [0.5, 0.6) is 0 Å². The van der Waals surface area contributed by atoms with Crippen molar-refractivity contribution in [1.82, 2.24) is 9.13 Å². The van der Waals surface area contributed by atoms with E-state index in [9.17, 15) is 0 Å². The Hall–Kier alpha value is -5.34. The van der Waals surface area contributed by atoms with Crippen LogP contribution in [0.25, 0.3) is 85.4 Å². The molecule has 0 aliphatic carbocycles. The van der Waals surface area contributed by atoms with Crippen LogP contribution in [0, 0.1) is 0 Å². The molecule has 10 aromatic rings. The van der Waals surface area contributed by atoms with Crippen molar-refractivity contribution >= 4 is 77.4 Å². The van der Waals surface area contributed by atoms with Gasteiger partial charge in [0.1, 0.15) is 0 Å². The first-order valence-electron chi connectivity index (χ1n) is 15.4. The van der Waals surface area contributed by atoms with Crippen molar-refractivity contribution in [2.75, 3.05) is 0 Å². The van der Waals surface area contributed by atoms with Gasteiger partial charge in [-0.15, -0.1) is 0 Å². The standard InChI is InChI=1S/C42H26N2Se/c1-2-12-27(13-3-1)29-24-25-38(41-34-17-7-11-21-40(34)45-42(29)41)44-37-20-10-6-16-32(37)33-23-22-28(26-39(33)44)43-35-18-8-4-14-30(35)31-15-5-9-19-36(31)43/h1-26H. The predicted octanol–water partition coefficient (Wildman–Crippen LogP) is 10.9. The van der Waals surface area contributed by atoms with Gasteiger partial charge in [0.15, 0.2) is 0 Å². The molecule has 210 valence electrons. The van der Waals surface area contributed by atoms with Crippen LogP contribution >= 0.6 is 0 Å². The number of hydrogen-bond donors (Lipinski definition) is 0. The topological polar surface area (TPSA) is 9.86 Å². The predicted molar refractivity (Wildman–Crippen MR) is 193 cm³/mol. The van der Waals surface area contributed by atoms with Gasteiger partial charge in [0.25, 0.3) is 0 Å². The van der Waals surface area contributed by atoms with Crippen molar-refractivity contribution in [1.29, 1.82) is 0 Å². The Kier molecular flexibility index (Phi) is 5.33. The summed E-state index contributed by atoms with van der Waals surface area (Å²) >= 11 is 0.222. The van der Waals surface area contributed by atoms with Gasteiger partial charge < -0.3 is 0 Å². The van der Waals surface area contributed by atoms with E-state index in [-0.39, 0.29) is 14.5 Å². The Labute approximate surface area is 265 Å².